The fourth-order valence-electron chi connectivity index (χ4n) is 1.91. The molecule has 0 aliphatic rings. The van der Waals surface area contributed by atoms with Gasteiger partial charge in [0.2, 0.25) is 0 Å². The zero-order valence-electron chi connectivity index (χ0n) is 10.2. The molecule has 0 radical (unpaired) electrons. The van der Waals surface area contributed by atoms with Gasteiger partial charge < -0.3 is 4.74 Å². The Balaban J connectivity index is 3.00. The van der Waals surface area contributed by atoms with E-state index in [9.17, 15) is 0 Å². The number of methoxy groups -OCH3 is 1. The van der Waals surface area contributed by atoms with Crippen LogP contribution in [0, 0.1) is 0 Å². The molecule has 1 heterocycles. The molecule has 15 heavy (non-hydrogen) atoms. The van der Waals surface area contributed by atoms with Crippen LogP contribution >= 0.6 is 0 Å². The van der Waals surface area contributed by atoms with E-state index in [0.717, 1.165) is 17.9 Å². The zero-order valence-corrected chi connectivity index (χ0v) is 10.2. The summed E-state index contributed by atoms with van der Waals surface area (Å²) in [6, 6.07) is 3.95. The van der Waals surface area contributed by atoms with Crippen molar-refractivity contribution in [1.82, 2.24) is 4.98 Å². The minimum atomic E-state index is 0.184. The monoisotopic (exact) mass is 207 g/mol. The summed E-state index contributed by atoms with van der Waals surface area (Å²) < 4.78 is 5.23. The summed E-state index contributed by atoms with van der Waals surface area (Å²) in [5.41, 5.74) is 1.33. The number of rotatable bonds is 5. The van der Waals surface area contributed by atoms with Crippen LogP contribution in [0.5, 0.6) is 5.75 Å². The minimum absolute atomic E-state index is 0.184. The van der Waals surface area contributed by atoms with Crippen LogP contribution in [0.4, 0.5) is 0 Å². The van der Waals surface area contributed by atoms with Gasteiger partial charge >= 0.3 is 0 Å². The summed E-state index contributed by atoms with van der Waals surface area (Å²) in [4.78, 5) is 4.47. The fourth-order valence-corrected chi connectivity index (χ4v) is 1.91. The third-order valence-corrected chi connectivity index (χ3v) is 3.17. The lowest BCUT2D eigenvalue weighted by Gasteiger charge is -2.27. The number of hydrogen-bond donors (Lipinski definition) is 0. The molecule has 0 fully saturated rings. The van der Waals surface area contributed by atoms with Crippen molar-refractivity contribution in [2.75, 3.05) is 7.11 Å². The molecular formula is C13H21NO. The molecule has 1 unspecified atom stereocenters. The molecule has 1 atom stereocenters. The molecule has 1 rings (SSSR count). The molecule has 2 heteroatoms. The normalized spacial score (nSPS) is 14.7. The van der Waals surface area contributed by atoms with Crippen molar-refractivity contribution in [2.45, 2.75) is 45.4 Å². The van der Waals surface area contributed by atoms with Crippen molar-refractivity contribution in [1.29, 1.82) is 0 Å². The molecule has 0 saturated carbocycles. The highest BCUT2D eigenvalue weighted by Gasteiger charge is 2.25. The van der Waals surface area contributed by atoms with E-state index in [2.05, 4.69) is 31.8 Å². The lowest BCUT2D eigenvalue weighted by Crippen LogP contribution is -2.22. The largest absolute Gasteiger partial charge is 0.497 e. The van der Waals surface area contributed by atoms with Gasteiger partial charge in [-0.25, -0.2) is 0 Å². The van der Waals surface area contributed by atoms with Gasteiger partial charge in [-0.2, -0.15) is 0 Å². The number of pyridine rings is 1. The maximum absolute atomic E-state index is 5.23. The topological polar surface area (TPSA) is 22.1 Å². The Hall–Kier alpha value is -1.05. The van der Waals surface area contributed by atoms with Gasteiger partial charge in [-0.15, -0.1) is 0 Å². The van der Waals surface area contributed by atoms with E-state index >= 15 is 0 Å². The van der Waals surface area contributed by atoms with Gasteiger partial charge in [-0.05, 0) is 18.9 Å². The molecule has 1 aromatic rings. The summed E-state index contributed by atoms with van der Waals surface area (Å²) in [6.45, 7) is 6.71. The minimum Gasteiger partial charge on any atom is -0.497 e. The Morgan fingerprint density at radius 2 is 2.13 bits per heavy atom. The summed E-state index contributed by atoms with van der Waals surface area (Å²) >= 11 is 0. The van der Waals surface area contributed by atoms with Gasteiger partial charge in [0.05, 0.1) is 7.11 Å². The average Bonchev–Trinajstić information content (AvgIpc) is 2.29. The predicted molar refractivity (Wildman–Crippen MR) is 63.3 cm³/mol. The summed E-state index contributed by atoms with van der Waals surface area (Å²) in [5, 5.41) is 0. The lowest BCUT2D eigenvalue weighted by atomic mass is 9.79. The Labute approximate surface area is 92.7 Å². The van der Waals surface area contributed by atoms with E-state index in [1.165, 1.54) is 12.8 Å². The third-order valence-electron chi connectivity index (χ3n) is 3.17. The molecule has 2 nitrogen and oxygen atoms in total. The standard InChI is InChI=1S/C13H21NO/c1-5-8-13(3,6-2)12-10-11(15-4)7-9-14-12/h7,9-10H,5-6,8H2,1-4H3. The van der Waals surface area contributed by atoms with Crippen LogP contribution in [0.1, 0.15) is 45.7 Å². The lowest BCUT2D eigenvalue weighted by molar-refractivity contribution is 0.388. The van der Waals surface area contributed by atoms with Crippen LogP contribution in [0.25, 0.3) is 0 Å². The first-order valence-electron chi connectivity index (χ1n) is 5.66. The first kappa shape index (κ1) is 12.0. The van der Waals surface area contributed by atoms with Crippen LogP contribution < -0.4 is 4.74 Å². The molecule has 0 aliphatic carbocycles. The smallest absolute Gasteiger partial charge is 0.122 e. The van der Waals surface area contributed by atoms with Crippen molar-refractivity contribution in [3.05, 3.63) is 24.0 Å². The van der Waals surface area contributed by atoms with Gasteiger partial charge in [-0.1, -0.05) is 27.2 Å². The van der Waals surface area contributed by atoms with Gasteiger partial charge in [-0.3, -0.25) is 4.98 Å². The van der Waals surface area contributed by atoms with Crippen molar-refractivity contribution in [2.24, 2.45) is 0 Å². The van der Waals surface area contributed by atoms with Crippen LogP contribution in [0.2, 0.25) is 0 Å². The van der Waals surface area contributed by atoms with Crippen LogP contribution in [-0.2, 0) is 5.41 Å². The molecule has 0 saturated heterocycles. The zero-order chi connectivity index (χ0) is 11.3. The molecule has 84 valence electrons. The number of hydrogen-bond acceptors (Lipinski definition) is 2. The Morgan fingerprint density at radius 1 is 1.40 bits per heavy atom. The van der Waals surface area contributed by atoms with E-state index in [0.29, 0.717) is 0 Å². The number of ether oxygens (including phenoxy) is 1. The molecule has 0 aromatic carbocycles. The van der Waals surface area contributed by atoms with Gasteiger partial charge in [0, 0.05) is 23.4 Å². The van der Waals surface area contributed by atoms with E-state index in [-0.39, 0.29) is 5.41 Å². The molecule has 0 amide bonds. The van der Waals surface area contributed by atoms with Crippen molar-refractivity contribution in [3.63, 3.8) is 0 Å². The maximum Gasteiger partial charge on any atom is 0.122 e. The Morgan fingerprint density at radius 3 is 2.67 bits per heavy atom. The SMILES string of the molecule is CCCC(C)(CC)c1cc(OC)ccn1. The molecular weight excluding hydrogens is 186 g/mol. The molecule has 0 bridgehead atoms. The molecule has 1 aromatic heterocycles. The fraction of sp³-hybridized carbons (Fsp3) is 0.615. The average molecular weight is 207 g/mol. The highest BCUT2D eigenvalue weighted by molar-refractivity contribution is 5.27. The Kier molecular flexibility index (Phi) is 4.13. The first-order chi connectivity index (χ1) is 7.16. The number of aromatic nitrogens is 1. The third kappa shape index (κ3) is 2.71. The molecule has 0 aliphatic heterocycles. The van der Waals surface area contributed by atoms with E-state index in [4.69, 9.17) is 4.74 Å². The maximum atomic E-state index is 5.23. The van der Waals surface area contributed by atoms with Gasteiger partial charge in [0.1, 0.15) is 5.75 Å². The van der Waals surface area contributed by atoms with Gasteiger partial charge in [0.15, 0.2) is 0 Å². The highest BCUT2D eigenvalue weighted by Crippen LogP contribution is 2.32. The van der Waals surface area contributed by atoms with E-state index in [1.54, 1.807) is 7.11 Å². The second-order valence-electron chi connectivity index (χ2n) is 4.25. The predicted octanol–water partition coefficient (Wildman–Crippen LogP) is 3.56. The summed E-state index contributed by atoms with van der Waals surface area (Å²) in [7, 11) is 1.70. The van der Waals surface area contributed by atoms with Crippen molar-refractivity contribution < 1.29 is 4.74 Å². The number of nitrogens with zero attached hydrogens (tertiary/aromatic N) is 1. The quantitative estimate of drug-likeness (QED) is 0.736. The molecule has 0 spiro atoms. The first-order valence-corrected chi connectivity index (χ1v) is 5.66. The van der Waals surface area contributed by atoms with Crippen LogP contribution in [0.15, 0.2) is 18.3 Å². The second-order valence-corrected chi connectivity index (χ2v) is 4.25. The van der Waals surface area contributed by atoms with Crippen LogP contribution in [0.3, 0.4) is 0 Å². The summed E-state index contributed by atoms with van der Waals surface area (Å²) in [6.07, 6.45) is 5.30. The Bertz CT molecular complexity index is 311. The van der Waals surface area contributed by atoms with Crippen LogP contribution in [-0.4, -0.2) is 12.1 Å². The molecule has 0 N–H and O–H groups in total. The summed E-state index contributed by atoms with van der Waals surface area (Å²) in [5.74, 6) is 0.899. The van der Waals surface area contributed by atoms with Gasteiger partial charge in [0.25, 0.3) is 0 Å². The van der Waals surface area contributed by atoms with E-state index < -0.39 is 0 Å². The van der Waals surface area contributed by atoms with Crippen molar-refractivity contribution in [3.8, 4) is 5.75 Å². The van der Waals surface area contributed by atoms with E-state index in [1.807, 2.05) is 12.3 Å². The second kappa shape index (κ2) is 5.15. The highest BCUT2D eigenvalue weighted by atomic mass is 16.5. The van der Waals surface area contributed by atoms with Crippen molar-refractivity contribution >= 4 is 0 Å².